The number of sulfonamides is 1. The van der Waals surface area contributed by atoms with Crippen LogP contribution in [-0.2, 0) is 24.3 Å². The van der Waals surface area contributed by atoms with Crippen LogP contribution in [0.15, 0.2) is 0 Å². The highest BCUT2D eigenvalue weighted by molar-refractivity contribution is 7.89. The number of carbonyl (C=O) groups excluding carboxylic acids is 1. The van der Waals surface area contributed by atoms with Gasteiger partial charge < -0.3 is 14.7 Å². The second-order valence-electron chi connectivity index (χ2n) is 4.50. The number of aliphatic carboxylic acids is 1. The lowest BCUT2D eigenvalue weighted by molar-refractivity contribution is -0.145. The zero-order valence-corrected chi connectivity index (χ0v) is 12.8. The van der Waals surface area contributed by atoms with Gasteiger partial charge in [-0.05, 0) is 20.3 Å². The summed E-state index contributed by atoms with van der Waals surface area (Å²) in [4.78, 5) is 23.6. The third-order valence-corrected chi connectivity index (χ3v) is 3.86. The molecule has 0 heterocycles. The zero-order chi connectivity index (χ0) is 15.8. The average Bonchev–Trinajstić information content (AvgIpc) is 2.33. The molecular formula is C11H22N2O6S. The SMILES string of the molecule is COCCCS(=O)(=O)NCC(=O)N(CC(=O)O)C(C)C. The number of carboxylic acid groups (broad SMARTS) is 1. The molecule has 0 bridgehead atoms. The van der Waals surface area contributed by atoms with Crippen molar-refractivity contribution in [1.29, 1.82) is 0 Å². The van der Waals surface area contributed by atoms with Gasteiger partial charge in [0.2, 0.25) is 15.9 Å². The first-order valence-electron chi connectivity index (χ1n) is 6.17. The number of nitrogens with one attached hydrogen (secondary N) is 1. The number of rotatable bonds is 10. The highest BCUT2D eigenvalue weighted by Crippen LogP contribution is 1.99. The van der Waals surface area contributed by atoms with Gasteiger partial charge in [-0.15, -0.1) is 0 Å². The summed E-state index contributed by atoms with van der Waals surface area (Å²) in [6, 6.07) is -0.323. The van der Waals surface area contributed by atoms with E-state index in [1.807, 2.05) is 0 Å². The van der Waals surface area contributed by atoms with E-state index in [-0.39, 0.29) is 11.8 Å². The molecule has 0 saturated carbocycles. The summed E-state index contributed by atoms with van der Waals surface area (Å²) in [6.07, 6.45) is 0.322. The Morgan fingerprint density at radius 1 is 1.35 bits per heavy atom. The van der Waals surface area contributed by atoms with Crippen LogP contribution in [0.1, 0.15) is 20.3 Å². The monoisotopic (exact) mass is 310 g/mol. The van der Waals surface area contributed by atoms with Gasteiger partial charge in [0.15, 0.2) is 0 Å². The van der Waals surface area contributed by atoms with Gasteiger partial charge in [-0.2, -0.15) is 0 Å². The van der Waals surface area contributed by atoms with Crippen LogP contribution < -0.4 is 4.72 Å². The standard InChI is InChI=1S/C11H22N2O6S/c1-9(2)13(8-11(15)16)10(14)7-12-20(17,18)6-4-5-19-3/h9,12H,4-8H2,1-3H3,(H,15,16). The molecule has 0 aliphatic carbocycles. The van der Waals surface area contributed by atoms with E-state index in [0.29, 0.717) is 13.0 Å². The number of carboxylic acids is 1. The van der Waals surface area contributed by atoms with Crippen LogP contribution in [0.4, 0.5) is 0 Å². The van der Waals surface area contributed by atoms with Gasteiger partial charge in [0.25, 0.3) is 0 Å². The molecule has 0 aromatic rings. The van der Waals surface area contributed by atoms with E-state index in [2.05, 4.69) is 4.72 Å². The molecule has 0 aromatic carbocycles. The lowest BCUT2D eigenvalue weighted by atomic mass is 10.3. The second-order valence-corrected chi connectivity index (χ2v) is 6.42. The van der Waals surface area contributed by atoms with Crippen LogP contribution in [0.2, 0.25) is 0 Å². The van der Waals surface area contributed by atoms with Crippen LogP contribution in [0.3, 0.4) is 0 Å². The molecule has 0 aromatic heterocycles. The molecule has 118 valence electrons. The Balaban J connectivity index is 4.40. The predicted octanol–water partition coefficient (Wildman–Crippen LogP) is -0.736. The third-order valence-electron chi connectivity index (χ3n) is 2.45. The predicted molar refractivity (Wildman–Crippen MR) is 72.8 cm³/mol. The van der Waals surface area contributed by atoms with Crippen LogP contribution in [-0.4, -0.2) is 68.9 Å². The number of ether oxygens (including phenoxy) is 1. The number of nitrogens with zero attached hydrogens (tertiary/aromatic N) is 1. The minimum Gasteiger partial charge on any atom is -0.480 e. The highest BCUT2D eigenvalue weighted by Gasteiger charge is 2.21. The van der Waals surface area contributed by atoms with Crippen LogP contribution in [0.5, 0.6) is 0 Å². The maximum absolute atomic E-state index is 11.8. The summed E-state index contributed by atoms with van der Waals surface area (Å²) in [7, 11) is -2.09. The van der Waals surface area contributed by atoms with Crippen LogP contribution in [0, 0.1) is 0 Å². The molecule has 8 nitrogen and oxygen atoms in total. The maximum atomic E-state index is 11.8. The molecular weight excluding hydrogens is 288 g/mol. The van der Waals surface area contributed by atoms with Gasteiger partial charge in [-0.3, -0.25) is 9.59 Å². The topological polar surface area (TPSA) is 113 Å². The number of hydrogen-bond acceptors (Lipinski definition) is 5. The van der Waals surface area contributed by atoms with Gasteiger partial charge in [-0.1, -0.05) is 0 Å². The zero-order valence-electron chi connectivity index (χ0n) is 12.0. The van der Waals surface area contributed by atoms with Gasteiger partial charge >= 0.3 is 5.97 Å². The van der Waals surface area contributed by atoms with Crippen molar-refractivity contribution in [2.45, 2.75) is 26.3 Å². The summed E-state index contributed by atoms with van der Waals surface area (Å²) in [5.41, 5.74) is 0. The van der Waals surface area contributed by atoms with Gasteiger partial charge in [0.1, 0.15) is 6.54 Å². The van der Waals surface area contributed by atoms with Gasteiger partial charge in [-0.25, -0.2) is 13.1 Å². The second kappa shape index (κ2) is 8.88. The molecule has 2 N–H and O–H groups in total. The number of methoxy groups -OCH3 is 1. The summed E-state index contributed by atoms with van der Waals surface area (Å²) in [6.45, 7) is 2.73. The summed E-state index contributed by atoms with van der Waals surface area (Å²) in [5, 5.41) is 8.71. The van der Waals surface area contributed by atoms with Crippen molar-refractivity contribution in [3.8, 4) is 0 Å². The minimum absolute atomic E-state index is 0.144. The smallest absolute Gasteiger partial charge is 0.323 e. The van der Waals surface area contributed by atoms with Crippen molar-refractivity contribution in [3.63, 3.8) is 0 Å². The molecule has 0 radical (unpaired) electrons. The van der Waals surface area contributed by atoms with E-state index in [0.717, 1.165) is 4.90 Å². The molecule has 20 heavy (non-hydrogen) atoms. The van der Waals surface area contributed by atoms with Crippen molar-refractivity contribution < 1.29 is 27.9 Å². The third kappa shape index (κ3) is 8.08. The molecule has 0 spiro atoms. The quantitative estimate of drug-likeness (QED) is 0.514. The fourth-order valence-electron chi connectivity index (χ4n) is 1.44. The highest BCUT2D eigenvalue weighted by atomic mass is 32.2. The van der Waals surface area contributed by atoms with Crippen molar-refractivity contribution in [3.05, 3.63) is 0 Å². The van der Waals surface area contributed by atoms with E-state index in [1.54, 1.807) is 13.8 Å². The van der Waals surface area contributed by atoms with E-state index >= 15 is 0 Å². The summed E-state index contributed by atoms with van der Waals surface area (Å²) < 4.78 is 30.0. The van der Waals surface area contributed by atoms with Crippen molar-refractivity contribution in [2.75, 3.05) is 32.6 Å². The molecule has 0 unspecified atom stereocenters. The number of amides is 1. The molecule has 1 amide bonds. The Morgan fingerprint density at radius 2 is 1.95 bits per heavy atom. The first-order valence-corrected chi connectivity index (χ1v) is 7.82. The Kier molecular flexibility index (Phi) is 8.35. The Bertz CT molecular complexity index is 421. The van der Waals surface area contributed by atoms with Crippen LogP contribution >= 0.6 is 0 Å². The van der Waals surface area contributed by atoms with E-state index < -0.39 is 35.0 Å². The molecule has 0 fully saturated rings. The Labute approximate surface area is 119 Å². The van der Waals surface area contributed by atoms with E-state index in [4.69, 9.17) is 9.84 Å². The normalized spacial score (nSPS) is 11.6. The molecule has 0 aliphatic rings. The molecule has 0 atom stereocenters. The minimum atomic E-state index is -3.56. The largest absolute Gasteiger partial charge is 0.480 e. The van der Waals surface area contributed by atoms with Crippen molar-refractivity contribution in [2.24, 2.45) is 0 Å². The summed E-state index contributed by atoms with van der Waals surface area (Å²) in [5.74, 6) is -1.86. The van der Waals surface area contributed by atoms with Crippen molar-refractivity contribution in [1.82, 2.24) is 9.62 Å². The first-order chi connectivity index (χ1) is 9.19. The lowest BCUT2D eigenvalue weighted by Crippen LogP contribution is -2.46. The number of hydrogen-bond donors (Lipinski definition) is 2. The maximum Gasteiger partial charge on any atom is 0.323 e. The van der Waals surface area contributed by atoms with Crippen LogP contribution in [0.25, 0.3) is 0 Å². The van der Waals surface area contributed by atoms with E-state index in [1.165, 1.54) is 7.11 Å². The summed E-state index contributed by atoms with van der Waals surface area (Å²) >= 11 is 0. The van der Waals surface area contributed by atoms with E-state index in [9.17, 15) is 18.0 Å². The molecule has 0 saturated heterocycles. The Hall–Kier alpha value is -1.19. The molecule has 0 aliphatic heterocycles. The Morgan fingerprint density at radius 3 is 2.40 bits per heavy atom. The van der Waals surface area contributed by atoms with Gasteiger partial charge in [0, 0.05) is 19.8 Å². The van der Waals surface area contributed by atoms with Crippen molar-refractivity contribution >= 4 is 21.9 Å². The first kappa shape index (κ1) is 18.8. The average molecular weight is 310 g/mol. The fourth-order valence-corrected chi connectivity index (χ4v) is 2.43. The number of carbonyl (C=O) groups is 2. The van der Waals surface area contributed by atoms with Gasteiger partial charge in [0.05, 0.1) is 12.3 Å². The molecule has 0 rings (SSSR count). The molecule has 9 heteroatoms. The fraction of sp³-hybridized carbons (Fsp3) is 0.818. The lowest BCUT2D eigenvalue weighted by Gasteiger charge is -2.24.